The van der Waals surface area contributed by atoms with Crippen molar-refractivity contribution < 1.29 is 9.59 Å². The van der Waals surface area contributed by atoms with Crippen LogP contribution in [0.25, 0.3) is 0 Å². The van der Waals surface area contributed by atoms with Crippen LogP contribution in [-0.2, 0) is 4.79 Å². The zero-order valence-electron chi connectivity index (χ0n) is 11.5. The van der Waals surface area contributed by atoms with Gasteiger partial charge in [-0.3, -0.25) is 9.59 Å². The molecule has 2 amide bonds. The fraction of sp³-hybridized carbons (Fsp3) is 0.125. The standard InChI is InChI=1S/C16H15ClN2O2/c1-11(15(20)19-12-7-3-2-4-8-12)18-16(21)13-9-5-6-10-14(13)17/h2-11H,1H3,(H,18,21)(H,19,20). The van der Waals surface area contributed by atoms with Crippen molar-refractivity contribution in [2.24, 2.45) is 0 Å². The number of benzene rings is 2. The smallest absolute Gasteiger partial charge is 0.253 e. The zero-order chi connectivity index (χ0) is 15.2. The SMILES string of the molecule is CC(NC(=O)c1ccccc1Cl)C(=O)Nc1ccccc1. The van der Waals surface area contributed by atoms with Gasteiger partial charge in [0.2, 0.25) is 5.91 Å². The molecule has 1 unspecified atom stereocenters. The fourth-order valence-corrected chi connectivity index (χ4v) is 1.98. The summed E-state index contributed by atoms with van der Waals surface area (Å²) in [4.78, 5) is 24.1. The summed E-state index contributed by atoms with van der Waals surface area (Å²) in [6, 6.07) is 15.1. The van der Waals surface area contributed by atoms with Crippen LogP contribution in [0.5, 0.6) is 0 Å². The van der Waals surface area contributed by atoms with Crippen LogP contribution in [0.3, 0.4) is 0 Å². The maximum Gasteiger partial charge on any atom is 0.253 e. The van der Waals surface area contributed by atoms with Gasteiger partial charge < -0.3 is 10.6 Å². The maximum absolute atomic E-state index is 12.1. The second kappa shape index (κ2) is 6.90. The van der Waals surface area contributed by atoms with Crippen molar-refractivity contribution in [3.8, 4) is 0 Å². The summed E-state index contributed by atoms with van der Waals surface area (Å²) in [6.07, 6.45) is 0. The first kappa shape index (κ1) is 15.1. The van der Waals surface area contributed by atoms with Gasteiger partial charge in [0.1, 0.15) is 6.04 Å². The van der Waals surface area contributed by atoms with Gasteiger partial charge >= 0.3 is 0 Å². The van der Waals surface area contributed by atoms with Gasteiger partial charge in [0.15, 0.2) is 0 Å². The fourth-order valence-electron chi connectivity index (χ4n) is 1.76. The molecular weight excluding hydrogens is 288 g/mol. The number of hydrogen-bond donors (Lipinski definition) is 2. The van der Waals surface area contributed by atoms with Crippen molar-refractivity contribution in [3.63, 3.8) is 0 Å². The monoisotopic (exact) mass is 302 g/mol. The molecule has 0 heterocycles. The van der Waals surface area contributed by atoms with Crippen LogP contribution in [-0.4, -0.2) is 17.9 Å². The molecule has 1 atom stereocenters. The molecule has 108 valence electrons. The van der Waals surface area contributed by atoms with Gasteiger partial charge in [-0.05, 0) is 31.2 Å². The van der Waals surface area contributed by atoms with Gasteiger partial charge in [-0.25, -0.2) is 0 Å². The molecule has 0 saturated carbocycles. The highest BCUT2D eigenvalue weighted by Crippen LogP contribution is 2.14. The number of carbonyl (C=O) groups excluding carboxylic acids is 2. The molecule has 2 aromatic rings. The van der Waals surface area contributed by atoms with Crippen molar-refractivity contribution in [1.29, 1.82) is 0 Å². The number of amides is 2. The van der Waals surface area contributed by atoms with E-state index in [4.69, 9.17) is 11.6 Å². The predicted octanol–water partition coefficient (Wildman–Crippen LogP) is 3.10. The van der Waals surface area contributed by atoms with Crippen molar-refractivity contribution in [1.82, 2.24) is 5.32 Å². The second-order valence-electron chi connectivity index (χ2n) is 4.53. The van der Waals surface area contributed by atoms with Gasteiger partial charge in [0.05, 0.1) is 10.6 Å². The van der Waals surface area contributed by atoms with E-state index in [0.29, 0.717) is 16.3 Å². The van der Waals surface area contributed by atoms with E-state index in [1.165, 1.54) is 0 Å². The molecule has 0 aliphatic heterocycles. The Hall–Kier alpha value is -2.33. The lowest BCUT2D eigenvalue weighted by atomic mass is 10.2. The van der Waals surface area contributed by atoms with Crippen LogP contribution in [0.2, 0.25) is 5.02 Å². The summed E-state index contributed by atoms with van der Waals surface area (Å²) in [5, 5.41) is 5.70. The lowest BCUT2D eigenvalue weighted by molar-refractivity contribution is -0.117. The molecule has 2 N–H and O–H groups in total. The quantitative estimate of drug-likeness (QED) is 0.912. The van der Waals surface area contributed by atoms with Crippen LogP contribution in [0.15, 0.2) is 54.6 Å². The molecule has 0 saturated heterocycles. The Kier molecular flexibility index (Phi) is 4.95. The number of hydrogen-bond acceptors (Lipinski definition) is 2. The Balaban J connectivity index is 1.98. The Bertz CT molecular complexity index is 644. The summed E-state index contributed by atoms with van der Waals surface area (Å²) in [7, 11) is 0. The summed E-state index contributed by atoms with van der Waals surface area (Å²) < 4.78 is 0. The van der Waals surface area contributed by atoms with Crippen molar-refractivity contribution in [2.75, 3.05) is 5.32 Å². The van der Waals surface area contributed by atoms with Gasteiger partial charge in [-0.2, -0.15) is 0 Å². The molecule has 5 heteroatoms. The summed E-state index contributed by atoms with van der Waals surface area (Å²) in [5.41, 5.74) is 1.03. The van der Waals surface area contributed by atoms with Gasteiger partial charge in [0, 0.05) is 5.69 Å². The number of carbonyl (C=O) groups is 2. The second-order valence-corrected chi connectivity index (χ2v) is 4.94. The third kappa shape index (κ3) is 4.07. The van der Waals surface area contributed by atoms with Crippen LogP contribution < -0.4 is 10.6 Å². The van der Waals surface area contributed by atoms with E-state index in [9.17, 15) is 9.59 Å². The molecule has 0 radical (unpaired) electrons. The van der Waals surface area contributed by atoms with Crippen LogP contribution >= 0.6 is 11.6 Å². The molecule has 2 rings (SSSR count). The topological polar surface area (TPSA) is 58.2 Å². The molecule has 4 nitrogen and oxygen atoms in total. The van der Waals surface area contributed by atoms with Gasteiger partial charge in [0.25, 0.3) is 5.91 Å². The maximum atomic E-state index is 12.1. The molecule has 0 aliphatic rings. The van der Waals surface area contributed by atoms with E-state index in [0.717, 1.165) is 0 Å². The number of anilines is 1. The molecule has 0 fully saturated rings. The van der Waals surface area contributed by atoms with E-state index in [-0.39, 0.29) is 11.8 Å². The van der Waals surface area contributed by atoms with E-state index < -0.39 is 6.04 Å². The van der Waals surface area contributed by atoms with Crippen molar-refractivity contribution >= 4 is 29.1 Å². The van der Waals surface area contributed by atoms with Gasteiger partial charge in [-0.1, -0.05) is 41.9 Å². The molecule has 0 bridgehead atoms. The number of nitrogens with one attached hydrogen (secondary N) is 2. The Morgan fingerprint density at radius 2 is 1.62 bits per heavy atom. The minimum Gasteiger partial charge on any atom is -0.340 e. The molecule has 2 aromatic carbocycles. The van der Waals surface area contributed by atoms with Crippen molar-refractivity contribution in [3.05, 3.63) is 65.2 Å². The van der Waals surface area contributed by atoms with Crippen LogP contribution in [0.1, 0.15) is 17.3 Å². The van der Waals surface area contributed by atoms with Gasteiger partial charge in [-0.15, -0.1) is 0 Å². The molecule has 0 aliphatic carbocycles. The minimum atomic E-state index is -0.672. The first-order valence-electron chi connectivity index (χ1n) is 6.49. The molecular formula is C16H15ClN2O2. The van der Waals surface area contributed by atoms with Crippen molar-refractivity contribution in [2.45, 2.75) is 13.0 Å². The highest BCUT2D eigenvalue weighted by atomic mass is 35.5. The zero-order valence-corrected chi connectivity index (χ0v) is 12.2. The molecule has 0 spiro atoms. The third-order valence-electron chi connectivity index (χ3n) is 2.90. The van der Waals surface area contributed by atoms with Crippen LogP contribution in [0, 0.1) is 0 Å². The Morgan fingerprint density at radius 3 is 2.29 bits per heavy atom. The third-order valence-corrected chi connectivity index (χ3v) is 3.23. The van der Waals surface area contributed by atoms with E-state index in [2.05, 4.69) is 10.6 Å². The summed E-state index contributed by atoms with van der Waals surface area (Å²) >= 11 is 5.95. The summed E-state index contributed by atoms with van der Waals surface area (Å²) in [6.45, 7) is 1.62. The highest BCUT2D eigenvalue weighted by Gasteiger charge is 2.18. The average Bonchev–Trinajstić information content (AvgIpc) is 2.48. The first-order chi connectivity index (χ1) is 10.1. The summed E-state index contributed by atoms with van der Waals surface area (Å²) in [5.74, 6) is -0.669. The Morgan fingerprint density at radius 1 is 1.00 bits per heavy atom. The highest BCUT2D eigenvalue weighted by molar-refractivity contribution is 6.33. The number of para-hydroxylation sites is 1. The van der Waals surface area contributed by atoms with E-state index in [1.807, 2.05) is 18.2 Å². The minimum absolute atomic E-state index is 0.290. The normalized spacial score (nSPS) is 11.5. The number of rotatable bonds is 4. The lowest BCUT2D eigenvalue weighted by Gasteiger charge is -2.14. The first-order valence-corrected chi connectivity index (χ1v) is 6.87. The molecule has 21 heavy (non-hydrogen) atoms. The van der Waals surface area contributed by atoms with Crippen LogP contribution in [0.4, 0.5) is 5.69 Å². The average molecular weight is 303 g/mol. The van der Waals surface area contributed by atoms with E-state index in [1.54, 1.807) is 43.3 Å². The largest absolute Gasteiger partial charge is 0.340 e. The molecule has 0 aromatic heterocycles. The Labute approximate surface area is 128 Å². The number of halogens is 1. The van der Waals surface area contributed by atoms with E-state index >= 15 is 0 Å². The lowest BCUT2D eigenvalue weighted by Crippen LogP contribution is -2.41. The predicted molar refractivity (Wildman–Crippen MR) is 83.5 cm³/mol.